The molecule has 6 heteroatoms. The van der Waals surface area contributed by atoms with Crippen LogP contribution in [0.15, 0.2) is 0 Å². The van der Waals surface area contributed by atoms with E-state index in [1.54, 1.807) is 0 Å². The van der Waals surface area contributed by atoms with Gasteiger partial charge in [-0.1, -0.05) is 0 Å². The van der Waals surface area contributed by atoms with Crippen LogP contribution < -0.4 is 5.32 Å². The molecule has 0 bridgehead atoms. The Hall–Kier alpha value is -0.170. The maximum atomic E-state index is 9.98. The predicted octanol–water partition coefficient (Wildman–Crippen LogP) is -0.195. The summed E-state index contributed by atoms with van der Waals surface area (Å²) in [6.45, 7) is 0.856. The average Bonchev–Trinajstić information content (AvgIpc) is 1.85. The summed E-state index contributed by atoms with van der Waals surface area (Å²) in [4.78, 5) is 0. The van der Waals surface area contributed by atoms with Gasteiger partial charge in [-0.05, 0) is 26.4 Å². The standard InChI is InChI=1S/C5H13NO4S/c1-6-4-2-3-5-10-11(7,8)9/h6H,2-5H2,1H3,(H,7,8,9). The zero-order chi connectivity index (χ0) is 8.74. The molecule has 0 amide bonds. The lowest BCUT2D eigenvalue weighted by Gasteiger charge is -1.99. The fourth-order valence-electron chi connectivity index (χ4n) is 0.568. The zero-order valence-corrected chi connectivity index (χ0v) is 7.23. The fraction of sp³-hybridized carbons (Fsp3) is 1.00. The van der Waals surface area contributed by atoms with Crippen molar-refractivity contribution in [2.24, 2.45) is 0 Å². The van der Waals surface area contributed by atoms with Crippen LogP contribution in [-0.2, 0) is 14.6 Å². The Morgan fingerprint density at radius 3 is 2.55 bits per heavy atom. The first-order chi connectivity index (χ1) is 5.06. The largest absolute Gasteiger partial charge is 0.397 e. The second-order valence-electron chi connectivity index (χ2n) is 2.06. The minimum atomic E-state index is -4.23. The van der Waals surface area contributed by atoms with E-state index >= 15 is 0 Å². The molecule has 0 atom stereocenters. The van der Waals surface area contributed by atoms with Crippen molar-refractivity contribution in [3.8, 4) is 0 Å². The zero-order valence-electron chi connectivity index (χ0n) is 6.41. The van der Waals surface area contributed by atoms with E-state index in [0.29, 0.717) is 6.42 Å². The third-order valence-corrected chi connectivity index (χ3v) is 1.52. The van der Waals surface area contributed by atoms with Gasteiger partial charge in [0, 0.05) is 0 Å². The van der Waals surface area contributed by atoms with E-state index in [9.17, 15) is 8.42 Å². The number of nitrogens with one attached hydrogen (secondary N) is 1. The minimum Gasteiger partial charge on any atom is -0.320 e. The Bertz CT molecular complexity index is 177. The molecule has 0 aromatic rings. The minimum absolute atomic E-state index is 0.0422. The molecular formula is C5H13NO4S. The first kappa shape index (κ1) is 10.8. The molecule has 0 aromatic heterocycles. The Morgan fingerprint density at radius 2 is 2.09 bits per heavy atom. The second-order valence-corrected chi connectivity index (χ2v) is 3.15. The van der Waals surface area contributed by atoms with Crippen molar-refractivity contribution in [3.63, 3.8) is 0 Å². The third kappa shape index (κ3) is 9.83. The van der Waals surface area contributed by atoms with Crippen molar-refractivity contribution >= 4 is 10.4 Å². The molecule has 0 aliphatic carbocycles. The summed E-state index contributed by atoms with van der Waals surface area (Å²) in [7, 11) is -2.42. The smallest absolute Gasteiger partial charge is 0.320 e. The van der Waals surface area contributed by atoms with Crippen LogP contribution in [0, 0.1) is 0 Å². The lowest BCUT2D eigenvalue weighted by Crippen LogP contribution is -2.10. The Kier molecular flexibility index (Phi) is 5.39. The van der Waals surface area contributed by atoms with E-state index < -0.39 is 10.4 Å². The Balaban J connectivity index is 3.16. The van der Waals surface area contributed by atoms with Gasteiger partial charge in [-0.15, -0.1) is 0 Å². The van der Waals surface area contributed by atoms with Crippen LogP contribution in [-0.4, -0.2) is 33.2 Å². The van der Waals surface area contributed by atoms with Gasteiger partial charge in [0.25, 0.3) is 0 Å². The first-order valence-electron chi connectivity index (χ1n) is 3.32. The lowest BCUT2D eigenvalue weighted by atomic mass is 10.3. The summed E-state index contributed by atoms with van der Waals surface area (Å²) in [5.41, 5.74) is 0. The quantitative estimate of drug-likeness (QED) is 0.441. The van der Waals surface area contributed by atoms with Crippen molar-refractivity contribution in [2.45, 2.75) is 12.8 Å². The van der Waals surface area contributed by atoms with E-state index in [1.807, 2.05) is 7.05 Å². The summed E-state index contributed by atoms with van der Waals surface area (Å²) < 4.78 is 32.1. The number of rotatable bonds is 6. The van der Waals surface area contributed by atoms with Gasteiger partial charge < -0.3 is 5.32 Å². The molecule has 2 N–H and O–H groups in total. The molecule has 0 aliphatic rings. The predicted molar refractivity (Wildman–Crippen MR) is 40.7 cm³/mol. The molecular weight excluding hydrogens is 170 g/mol. The number of hydrogen-bond acceptors (Lipinski definition) is 4. The van der Waals surface area contributed by atoms with Crippen LogP contribution in [0.25, 0.3) is 0 Å². The van der Waals surface area contributed by atoms with Crippen molar-refractivity contribution in [1.82, 2.24) is 5.32 Å². The fourth-order valence-corrected chi connectivity index (χ4v) is 0.897. The summed E-state index contributed by atoms with van der Waals surface area (Å²) in [6, 6.07) is 0. The molecule has 0 spiro atoms. The van der Waals surface area contributed by atoms with Gasteiger partial charge in [-0.2, -0.15) is 8.42 Å². The maximum absolute atomic E-state index is 9.98. The Morgan fingerprint density at radius 1 is 1.45 bits per heavy atom. The average molecular weight is 183 g/mol. The molecule has 0 heterocycles. The number of unbranched alkanes of at least 4 members (excludes halogenated alkanes) is 1. The molecule has 0 aromatic carbocycles. The molecule has 0 saturated carbocycles. The van der Waals surface area contributed by atoms with Gasteiger partial charge in [0.1, 0.15) is 0 Å². The van der Waals surface area contributed by atoms with Gasteiger partial charge >= 0.3 is 10.4 Å². The van der Waals surface area contributed by atoms with Crippen molar-refractivity contribution < 1.29 is 17.2 Å². The van der Waals surface area contributed by atoms with E-state index in [0.717, 1.165) is 13.0 Å². The van der Waals surface area contributed by atoms with Crippen LogP contribution in [0.4, 0.5) is 0 Å². The first-order valence-corrected chi connectivity index (χ1v) is 4.69. The molecule has 0 saturated heterocycles. The molecule has 0 unspecified atom stereocenters. The van der Waals surface area contributed by atoms with Gasteiger partial charge in [0.15, 0.2) is 0 Å². The Labute approximate surface area is 66.7 Å². The number of hydrogen-bond donors (Lipinski definition) is 2. The van der Waals surface area contributed by atoms with Gasteiger partial charge in [0.2, 0.25) is 0 Å². The third-order valence-electron chi connectivity index (χ3n) is 1.05. The van der Waals surface area contributed by atoms with E-state index in [-0.39, 0.29) is 6.61 Å². The topological polar surface area (TPSA) is 75.6 Å². The van der Waals surface area contributed by atoms with Gasteiger partial charge in [-0.25, -0.2) is 4.18 Å². The van der Waals surface area contributed by atoms with Crippen LogP contribution >= 0.6 is 0 Å². The van der Waals surface area contributed by atoms with Gasteiger partial charge in [0.05, 0.1) is 6.61 Å². The van der Waals surface area contributed by atoms with Crippen LogP contribution in [0.5, 0.6) is 0 Å². The monoisotopic (exact) mass is 183 g/mol. The van der Waals surface area contributed by atoms with Crippen molar-refractivity contribution in [3.05, 3.63) is 0 Å². The normalized spacial score (nSPS) is 11.8. The van der Waals surface area contributed by atoms with E-state index in [1.165, 1.54) is 0 Å². The summed E-state index contributed by atoms with van der Waals surface area (Å²) in [6.07, 6.45) is 1.44. The van der Waals surface area contributed by atoms with Crippen LogP contribution in [0.3, 0.4) is 0 Å². The van der Waals surface area contributed by atoms with E-state index in [2.05, 4.69) is 9.50 Å². The molecule has 68 valence electrons. The molecule has 0 rings (SSSR count). The maximum Gasteiger partial charge on any atom is 0.397 e. The summed E-state index contributed by atoms with van der Waals surface area (Å²) in [5.74, 6) is 0. The molecule has 5 nitrogen and oxygen atoms in total. The highest BCUT2D eigenvalue weighted by Crippen LogP contribution is 1.92. The van der Waals surface area contributed by atoms with E-state index in [4.69, 9.17) is 4.55 Å². The molecule has 0 fully saturated rings. The van der Waals surface area contributed by atoms with Crippen LogP contribution in [0.1, 0.15) is 12.8 Å². The highest BCUT2D eigenvalue weighted by atomic mass is 32.3. The molecule has 0 aliphatic heterocycles. The highest BCUT2D eigenvalue weighted by molar-refractivity contribution is 7.80. The SMILES string of the molecule is CNCCCCOS(=O)(=O)O. The highest BCUT2D eigenvalue weighted by Gasteiger charge is 2.01. The molecule has 0 radical (unpaired) electrons. The molecule has 11 heavy (non-hydrogen) atoms. The summed E-state index contributed by atoms with van der Waals surface area (Å²) in [5, 5.41) is 2.90. The van der Waals surface area contributed by atoms with Crippen LogP contribution in [0.2, 0.25) is 0 Å². The summed E-state index contributed by atoms with van der Waals surface area (Å²) >= 11 is 0. The van der Waals surface area contributed by atoms with Gasteiger partial charge in [-0.3, -0.25) is 4.55 Å². The second kappa shape index (κ2) is 5.48. The van der Waals surface area contributed by atoms with Crippen molar-refractivity contribution in [2.75, 3.05) is 20.2 Å². The lowest BCUT2D eigenvalue weighted by molar-refractivity contribution is 0.262. The van der Waals surface area contributed by atoms with Crippen molar-refractivity contribution in [1.29, 1.82) is 0 Å².